The van der Waals surface area contributed by atoms with E-state index in [1.54, 1.807) is 0 Å². The number of benzene rings is 2. The number of hydrogen-bond donors (Lipinski definition) is 1. The van der Waals surface area contributed by atoms with Crippen LogP contribution in [0.4, 0.5) is 24.5 Å². The third kappa shape index (κ3) is 3.97. The zero-order valence-corrected chi connectivity index (χ0v) is 13.2. The SMILES string of the molecule is C[C@H](Oc1ccc([N+](=O)[O-])cc1C=O)C(=O)Nc1ccc(F)c(F)c1F. The molecule has 0 aliphatic rings. The molecule has 26 heavy (non-hydrogen) atoms. The summed E-state index contributed by atoms with van der Waals surface area (Å²) in [6.07, 6.45) is -0.968. The minimum absolute atomic E-state index is 0.112. The zero-order valence-electron chi connectivity index (χ0n) is 13.2. The Kier molecular flexibility index (Phi) is 5.55. The van der Waals surface area contributed by atoms with Crippen molar-refractivity contribution < 1.29 is 32.4 Å². The van der Waals surface area contributed by atoms with Crippen LogP contribution >= 0.6 is 0 Å². The summed E-state index contributed by atoms with van der Waals surface area (Å²) in [6.45, 7) is 1.25. The topological polar surface area (TPSA) is 98.5 Å². The minimum atomic E-state index is -1.74. The summed E-state index contributed by atoms with van der Waals surface area (Å²) < 4.78 is 44.9. The highest BCUT2D eigenvalue weighted by molar-refractivity contribution is 5.94. The monoisotopic (exact) mass is 368 g/mol. The Morgan fingerprint density at radius 3 is 2.54 bits per heavy atom. The van der Waals surface area contributed by atoms with E-state index in [9.17, 15) is 32.9 Å². The van der Waals surface area contributed by atoms with Crippen LogP contribution in [-0.2, 0) is 4.79 Å². The van der Waals surface area contributed by atoms with Crippen LogP contribution in [0.25, 0.3) is 0 Å². The molecule has 0 heterocycles. The number of anilines is 1. The molecule has 10 heteroatoms. The van der Waals surface area contributed by atoms with Gasteiger partial charge in [-0.3, -0.25) is 19.7 Å². The summed E-state index contributed by atoms with van der Waals surface area (Å²) in [5.41, 5.74) is -1.11. The fourth-order valence-electron chi connectivity index (χ4n) is 1.95. The fraction of sp³-hybridized carbons (Fsp3) is 0.125. The van der Waals surface area contributed by atoms with Gasteiger partial charge in [0.1, 0.15) is 5.75 Å². The first-order chi connectivity index (χ1) is 12.2. The average molecular weight is 368 g/mol. The lowest BCUT2D eigenvalue weighted by molar-refractivity contribution is -0.384. The summed E-state index contributed by atoms with van der Waals surface area (Å²) >= 11 is 0. The molecule has 1 N–H and O–H groups in total. The Morgan fingerprint density at radius 2 is 1.92 bits per heavy atom. The highest BCUT2D eigenvalue weighted by Gasteiger charge is 2.21. The van der Waals surface area contributed by atoms with E-state index in [1.165, 1.54) is 6.92 Å². The van der Waals surface area contributed by atoms with Crippen molar-refractivity contribution in [1.82, 2.24) is 0 Å². The number of carbonyl (C=O) groups is 2. The summed E-state index contributed by atoms with van der Waals surface area (Å²) in [5, 5.41) is 12.7. The molecule has 0 radical (unpaired) electrons. The van der Waals surface area contributed by atoms with E-state index in [0.717, 1.165) is 24.3 Å². The van der Waals surface area contributed by atoms with Crippen LogP contribution in [0.1, 0.15) is 17.3 Å². The van der Waals surface area contributed by atoms with Gasteiger partial charge < -0.3 is 10.1 Å². The van der Waals surface area contributed by atoms with Gasteiger partial charge in [0.25, 0.3) is 11.6 Å². The molecule has 0 aliphatic carbocycles. The number of non-ortho nitro benzene ring substituents is 1. The summed E-state index contributed by atoms with van der Waals surface area (Å²) in [6, 6.07) is 4.63. The van der Waals surface area contributed by atoms with Crippen LogP contribution < -0.4 is 10.1 Å². The van der Waals surface area contributed by atoms with Crippen LogP contribution in [0.15, 0.2) is 30.3 Å². The number of nitro benzene ring substituents is 1. The average Bonchev–Trinajstić information content (AvgIpc) is 2.62. The van der Waals surface area contributed by atoms with Gasteiger partial charge in [0.05, 0.1) is 16.2 Å². The van der Waals surface area contributed by atoms with Crippen LogP contribution in [0.2, 0.25) is 0 Å². The number of nitrogens with one attached hydrogen (secondary N) is 1. The van der Waals surface area contributed by atoms with Gasteiger partial charge in [-0.1, -0.05) is 0 Å². The molecule has 136 valence electrons. The maximum atomic E-state index is 13.6. The van der Waals surface area contributed by atoms with E-state index in [1.807, 2.05) is 5.32 Å². The molecule has 1 amide bonds. The van der Waals surface area contributed by atoms with Crippen LogP contribution in [-0.4, -0.2) is 23.2 Å². The number of hydrogen-bond acceptors (Lipinski definition) is 5. The first kappa shape index (κ1) is 18.9. The van der Waals surface area contributed by atoms with E-state index >= 15 is 0 Å². The van der Waals surface area contributed by atoms with Crippen molar-refractivity contribution in [3.8, 4) is 5.75 Å². The van der Waals surface area contributed by atoms with Crippen molar-refractivity contribution in [2.75, 3.05) is 5.32 Å². The van der Waals surface area contributed by atoms with E-state index < -0.39 is 40.1 Å². The zero-order chi connectivity index (χ0) is 19.4. The van der Waals surface area contributed by atoms with Gasteiger partial charge in [0.2, 0.25) is 0 Å². The maximum Gasteiger partial charge on any atom is 0.270 e. The van der Waals surface area contributed by atoms with Crippen LogP contribution in [0.5, 0.6) is 5.75 Å². The summed E-state index contributed by atoms with van der Waals surface area (Å²) in [7, 11) is 0. The van der Waals surface area contributed by atoms with Crippen molar-refractivity contribution in [1.29, 1.82) is 0 Å². The van der Waals surface area contributed by atoms with Gasteiger partial charge in [0.15, 0.2) is 29.8 Å². The highest BCUT2D eigenvalue weighted by atomic mass is 19.2. The Labute approximate surface area is 144 Å². The molecule has 2 rings (SSSR count). The molecule has 2 aromatic carbocycles. The second kappa shape index (κ2) is 7.64. The standard InChI is InChI=1S/C16H11F3N2O5/c1-8(16(23)20-12-4-3-11(17)14(18)15(12)19)26-13-5-2-10(21(24)25)6-9(13)7-22/h2-8H,1H3,(H,20,23)/t8-/m0/s1. The molecule has 0 aromatic heterocycles. The number of amides is 1. The maximum absolute atomic E-state index is 13.6. The predicted octanol–water partition coefficient (Wildman–Crippen LogP) is 3.23. The van der Waals surface area contributed by atoms with Crippen molar-refractivity contribution in [3.63, 3.8) is 0 Å². The number of ether oxygens (including phenoxy) is 1. The largest absolute Gasteiger partial charge is 0.480 e. The molecule has 0 saturated carbocycles. The molecule has 0 fully saturated rings. The Bertz CT molecular complexity index is 888. The molecule has 0 aliphatic heterocycles. The van der Waals surface area contributed by atoms with Gasteiger partial charge in [-0.05, 0) is 25.1 Å². The fourth-order valence-corrected chi connectivity index (χ4v) is 1.95. The van der Waals surface area contributed by atoms with Crippen molar-refractivity contribution in [2.45, 2.75) is 13.0 Å². The molecule has 0 unspecified atom stereocenters. The van der Waals surface area contributed by atoms with Gasteiger partial charge in [0, 0.05) is 12.1 Å². The van der Waals surface area contributed by atoms with E-state index in [2.05, 4.69) is 0 Å². The second-order valence-corrected chi connectivity index (χ2v) is 5.07. The quantitative estimate of drug-likeness (QED) is 0.365. The first-order valence-electron chi connectivity index (χ1n) is 7.09. The first-order valence-corrected chi connectivity index (χ1v) is 7.09. The summed E-state index contributed by atoms with van der Waals surface area (Å²) in [4.78, 5) is 33.0. The predicted molar refractivity (Wildman–Crippen MR) is 83.5 cm³/mol. The Hall–Kier alpha value is -3.43. The number of nitro groups is 1. The van der Waals surface area contributed by atoms with Crippen LogP contribution in [0, 0.1) is 27.6 Å². The van der Waals surface area contributed by atoms with E-state index in [4.69, 9.17) is 4.74 Å². The Morgan fingerprint density at radius 1 is 1.23 bits per heavy atom. The molecule has 0 saturated heterocycles. The minimum Gasteiger partial charge on any atom is -0.480 e. The third-order valence-corrected chi connectivity index (χ3v) is 3.30. The lowest BCUT2D eigenvalue weighted by Crippen LogP contribution is -2.31. The molecule has 0 bridgehead atoms. The van der Waals surface area contributed by atoms with Crippen LogP contribution in [0.3, 0.4) is 0 Å². The lowest BCUT2D eigenvalue weighted by Gasteiger charge is -2.16. The van der Waals surface area contributed by atoms with Gasteiger partial charge in [-0.2, -0.15) is 0 Å². The Balaban J connectivity index is 2.16. The normalized spacial score (nSPS) is 11.5. The van der Waals surface area contributed by atoms with Crippen molar-refractivity contribution in [3.05, 3.63) is 63.5 Å². The number of carbonyl (C=O) groups excluding carboxylic acids is 2. The smallest absolute Gasteiger partial charge is 0.270 e. The summed E-state index contributed by atoms with van der Waals surface area (Å²) in [5.74, 6) is -5.75. The molecular weight excluding hydrogens is 357 g/mol. The van der Waals surface area contributed by atoms with E-state index in [0.29, 0.717) is 12.4 Å². The molecular formula is C16H11F3N2O5. The lowest BCUT2D eigenvalue weighted by atomic mass is 10.2. The number of halogens is 3. The highest BCUT2D eigenvalue weighted by Crippen LogP contribution is 2.24. The molecule has 7 nitrogen and oxygen atoms in total. The number of rotatable bonds is 6. The van der Waals surface area contributed by atoms with E-state index in [-0.39, 0.29) is 17.0 Å². The number of nitrogens with zero attached hydrogens (tertiary/aromatic N) is 1. The van der Waals surface area contributed by atoms with Gasteiger partial charge in [-0.25, -0.2) is 13.2 Å². The van der Waals surface area contributed by atoms with Gasteiger partial charge in [-0.15, -0.1) is 0 Å². The van der Waals surface area contributed by atoms with Crippen molar-refractivity contribution in [2.24, 2.45) is 0 Å². The second-order valence-electron chi connectivity index (χ2n) is 5.07. The number of aldehydes is 1. The molecule has 2 aromatic rings. The third-order valence-electron chi connectivity index (χ3n) is 3.30. The molecule has 0 spiro atoms. The van der Waals surface area contributed by atoms with Gasteiger partial charge >= 0.3 is 0 Å². The van der Waals surface area contributed by atoms with Crippen molar-refractivity contribution >= 4 is 23.6 Å². The molecule has 1 atom stereocenters.